The molecule has 1 rings (SSSR count). The Kier molecular flexibility index (Phi) is 4.52. The van der Waals surface area contributed by atoms with Crippen LogP contribution in [0.15, 0.2) is 11.6 Å². The summed E-state index contributed by atoms with van der Waals surface area (Å²) in [6, 6.07) is -0.204. The van der Waals surface area contributed by atoms with Crippen molar-refractivity contribution in [2.24, 2.45) is 5.92 Å². The maximum atomic E-state index is 11.7. The summed E-state index contributed by atoms with van der Waals surface area (Å²) in [5.41, 5.74) is 0.665. The largest absolute Gasteiger partial charge is 0.481 e. The molecule has 0 bridgehead atoms. The number of carboxylic acids is 1. The number of hydrogen-bond acceptors (Lipinski definition) is 2. The van der Waals surface area contributed by atoms with E-state index >= 15 is 0 Å². The minimum absolute atomic E-state index is 0.139. The summed E-state index contributed by atoms with van der Waals surface area (Å²) >= 11 is 0. The van der Waals surface area contributed by atoms with E-state index in [0.29, 0.717) is 12.0 Å². The van der Waals surface area contributed by atoms with Crippen LogP contribution in [0.5, 0.6) is 0 Å². The van der Waals surface area contributed by atoms with Gasteiger partial charge in [0, 0.05) is 11.6 Å². The lowest BCUT2D eigenvalue weighted by atomic mass is 10.0. The first-order valence-electron chi connectivity index (χ1n) is 5.76. The van der Waals surface area contributed by atoms with Crippen molar-refractivity contribution in [1.29, 1.82) is 0 Å². The van der Waals surface area contributed by atoms with Crippen LogP contribution in [0, 0.1) is 5.92 Å². The molecule has 0 heterocycles. The Balaban J connectivity index is 2.57. The predicted octanol–water partition coefficient (Wildman–Crippen LogP) is 1.71. The van der Waals surface area contributed by atoms with Crippen LogP contribution < -0.4 is 5.32 Å². The summed E-state index contributed by atoms with van der Waals surface area (Å²) in [7, 11) is 0. The Labute approximate surface area is 95.7 Å². The highest BCUT2D eigenvalue weighted by Gasteiger charge is 2.33. The minimum atomic E-state index is -0.806. The van der Waals surface area contributed by atoms with E-state index in [1.807, 2.05) is 13.0 Å². The summed E-state index contributed by atoms with van der Waals surface area (Å²) in [6.07, 6.45) is 4.96. The third kappa shape index (κ3) is 3.08. The fourth-order valence-electron chi connectivity index (χ4n) is 2.11. The van der Waals surface area contributed by atoms with Crippen molar-refractivity contribution < 1.29 is 14.7 Å². The first-order valence-corrected chi connectivity index (χ1v) is 5.76. The van der Waals surface area contributed by atoms with Gasteiger partial charge in [0.1, 0.15) is 0 Å². The van der Waals surface area contributed by atoms with E-state index in [2.05, 4.69) is 5.32 Å². The van der Waals surface area contributed by atoms with E-state index in [1.165, 1.54) is 0 Å². The zero-order chi connectivity index (χ0) is 12.1. The van der Waals surface area contributed by atoms with Gasteiger partial charge in [-0.3, -0.25) is 9.59 Å². The van der Waals surface area contributed by atoms with Crippen molar-refractivity contribution in [3.8, 4) is 0 Å². The number of carbonyl (C=O) groups is 2. The van der Waals surface area contributed by atoms with Crippen LogP contribution in [0.4, 0.5) is 0 Å². The molecule has 2 unspecified atom stereocenters. The number of amides is 1. The summed E-state index contributed by atoms with van der Waals surface area (Å²) < 4.78 is 0. The maximum absolute atomic E-state index is 11.7. The third-order valence-corrected chi connectivity index (χ3v) is 3.02. The van der Waals surface area contributed by atoms with Crippen LogP contribution in [0.25, 0.3) is 0 Å². The Bertz CT molecular complexity index is 309. The second-order valence-electron chi connectivity index (χ2n) is 4.25. The molecule has 0 aromatic heterocycles. The topological polar surface area (TPSA) is 66.4 Å². The molecule has 0 spiro atoms. The van der Waals surface area contributed by atoms with Gasteiger partial charge in [-0.2, -0.15) is 0 Å². The fraction of sp³-hybridized carbons (Fsp3) is 0.667. The van der Waals surface area contributed by atoms with Crippen molar-refractivity contribution >= 4 is 11.9 Å². The highest BCUT2D eigenvalue weighted by molar-refractivity contribution is 5.93. The molecule has 0 radical (unpaired) electrons. The van der Waals surface area contributed by atoms with Crippen LogP contribution in [-0.4, -0.2) is 23.0 Å². The number of aliphatic carboxylic acids is 1. The molecule has 1 aliphatic rings. The van der Waals surface area contributed by atoms with Crippen molar-refractivity contribution in [2.75, 3.05) is 0 Å². The van der Waals surface area contributed by atoms with E-state index in [9.17, 15) is 9.59 Å². The molecule has 0 aromatic carbocycles. The lowest BCUT2D eigenvalue weighted by molar-refractivity contribution is -0.142. The van der Waals surface area contributed by atoms with Crippen LogP contribution in [0.3, 0.4) is 0 Å². The molecule has 0 aromatic rings. The molecule has 1 saturated carbocycles. The summed E-state index contributed by atoms with van der Waals surface area (Å²) in [6.45, 7) is 3.72. The summed E-state index contributed by atoms with van der Waals surface area (Å²) in [5.74, 6) is -1.36. The van der Waals surface area contributed by atoms with Crippen LogP contribution in [-0.2, 0) is 9.59 Å². The van der Waals surface area contributed by atoms with Gasteiger partial charge in [-0.1, -0.05) is 19.4 Å². The molecule has 1 fully saturated rings. The predicted molar refractivity (Wildman–Crippen MR) is 61.0 cm³/mol. The normalized spacial score (nSPS) is 25.5. The van der Waals surface area contributed by atoms with Gasteiger partial charge in [-0.05, 0) is 26.2 Å². The van der Waals surface area contributed by atoms with Gasteiger partial charge in [0.05, 0.1) is 5.92 Å². The number of hydrogen-bond donors (Lipinski definition) is 2. The van der Waals surface area contributed by atoms with Crippen molar-refractivity contribution in [1.82, 2.24) is 5.32 Å². The van der Waals surface area contributed by atoms with Gasteiger partial charge < -0.3 is 10.4 Å². The number of nitrogens with one attached hydrogen (secondary N) is 1. The van der Waals surface area contributed by atoms with Crippen LogP contribution >= 0.6 is 0 Å². The van der Waals surface area contributed by atoms with Crippen LogP contribution in [0.1, 0.15) is 39.5 Å². The summed E-state index contributed by atoms with van der Waals surface area (Å²) in [4.78, 5) is 22.6. The fourth-order valence-corrected chi connectivity index (χ4v) is 2.11. The second kappa shape index (κ2) is 5.68. The Morgan fingerprint density at radius 2 is 2.12 bits per heavy atom. The number of carboxylic acid groups (broad SMARTS) is 1. The second-order valence-corrected chi connectivity index (χ2v) is 4.25. The zero-order valence-corrected chi connectivity index (χ0v) is 9.82. The number of allylic oxidation sites excluding steroid dienone is 1. The third-order valence-electron chi connectivity index (χ3n) is 3.02. The highest BCUT2D eigenvalue weighted by Crippen LogP contribution is 2.25. The first-order chi connectivity index (χ1) is 7.56. The molecule has 2 N–H and O–H groups in total. The summed E-state index contributed by atoms with van der Waals surface area (Å²) in [5, 5.41) is 11.8. The highest BCUT2D eigenvalue weighted by atomic mass is 16.4. The standard InChI is InChI=1S/C12H19NO3/c1-3-5-8(2)11(14)13-10-7-4-6-9(10)12(15)16/h5,9-10H,3-4,6-7H2,1-2H3,(H,13,14)(H,15,16). The molecule has 16 heavy (non-hydrogen) atoms. The van der Waals surface area contributed by atoms with E-state index < -0.39 is 11.9 Å². The Morgan fingerprint density at radius 1 is 1.44 bits per heavy atom. The van der Waals surface area contributed by atoms with E-state index in [1.54, 1.807) is 6.92 Å². The number of carbonyl (C=O) groups excluding carboxylic acids is 1. The molecule has 1 aliphatic carbocycles. The lowest BCUT2D eigenvalue weighted by Gasteiger charge is -2.17. The minimum Gasteiger partial charge on any atom is -0.481 e. The maximum Gasteiger partial charge on any atom is 0.308 e. The van der Waals surface area contributed by atoms with E-state index in [0.717, 1.165) is 19.3 Å². The van der Waals surface area contributed by atoms with Gasteiger partial charge in [0.25, 0.3) is 0 Å². The SMILES string of the molecule is CCC=C(C)C(=O)NC1CCCC1C(=O)O. The van der Waals surface area contributed by atoms with Gasteiger partial charge in [-0.15, -0.1) is 0 Å². The molecule has 90 valence electrons. The average molecular weight is 225 g/mol. The van der Waals surface area contributed by atoms with E-state index in [4.69, 9.17) is 5.11 Å². The number of rotatable bonds is 4. The molecule has 4 nitrogen and oxygen atoms in total. The molecule has 2 atom stereocenters. The van der Waals surface area contributed by atoms with Gasteiger partial charge in [0.15, 0.2) is 0 Å². The molecular formula is C12H19NO3. The molecule has 1 amide bonds. The smallest absolute Gasteiger partial charge is 0.308 e. The first kappa shape index (κ1) is 12.7. The molecule has 4 heteroatoms. The zero-order valence-electron chi connectivity index (χ0n) is 9.82. The van der Waals surface area contributed by atoms with Crippen molar-refractivity contribution in [3.63, 3.8) is 0 Å². The molecular weight excluding hydrogens is 206 g/mol. The van der Waals surface area contributed by atoms with Gasteiger partial charge in [-0.25, -0.2) is 0 Å². The van der Waals surface area contributed by atoms with Crippen LogP contribution in [0.2, 0.25) is 0 Å². The lowest BCUT2D eigenvalue weighted by Crippen LogP contribution is -2.40. The van der Waals surface area contributed by atoms with E-state index in [-0.39, 0.29) is 11.9 Å². The van der Waals surface area contributed by atoms with Gasteiger partial charge >= 0.3 is 5.97 Å². The van der Waals surface area contributed by atoms with Crippen molar-refractivity contribution in [3.05, 3.63) is 11.6 Å². The molecule has 0 saturated heterocycles. The van der Waals surface area contributed by atoms with Crippen molar-refractivity contribution in [2.45, 2.75) is 45.6 Å². The molecule has 0 aliphatic heterocycles. The Hall–Kier alpha value is -1.32. The monoisotopic (exact) mass is 225 g/mol. The average Bonchev–Trinajstić information content (AvgIpc) is 2.66. The van der Waals surface area contributed by atoms with Gasteiger partial charge in [0.2, 0.25) is 5.91 Å². The quantitative estimate of drug-likeness (QED) is 0.716. The Morgan fingerprint density at radius 3 is 2.69 bits per heavy atom.